The lowest BCUT2D eigenvalue weighted by atomic mass is 9.76. The van der Waals surface area contributed by atoms with Gasteiger partial charge in [0.2, 0.25) is 0 Å². The monoisotopic (exact) mass is 361 g/mol. The minimum absolute atomic E-state index is 0. The number of hydrogen-bond donors (Lipinski definition) is 1. The zero-order valence-electron chi connectivity index (χ0n) is 14.3. The third kappa shape index (κ3) is 3.51. The maximum atomic E-state index is 11.1. The van der Waals surface area contributed by atoms with Gasteiger partial charge in [-0.25, -0.2) is 0 Å². The zero-order chi connectivity index (χ0) is 16.6. The number of hydrogen-bond acceptors (Lipinski definition) is 3. The Kier molecular flexibility index (Phi) is 5.30. The number of aromatic nitrogens is 1. The Balaban J connectivity index is 0.00000182. The van der Waals surface area contributed by atoms with Crippen molar-refractivity contribution < 1.29 is 14.6 Å². The van der Waals surface area contributed by atoms with Crippen LogP contribution in [0, 0.1) is 0 Å². The highest BCUT2D eigenvalue weighted by Crippen LogP contribution is 2.40. The average molecular weight is 362 g/mol. The van der Waals surface area contributed by atoms with Crippen molar-refractivity contribution in [3.8, 4) is 0 Å². The second-order valence-electron chi connectivity index (χ2n) is 7.09. The highest BCUT2D eigenvalue weighted by Gasteiger charge is 2.38. The van der Waals surface area contributed by atoms with Crippen LogP contribution in [0.4, 0.5) is 0 Å². The number of ether oxygens (including phenoxy) is 1. The molecule has 1 aliphatic carbocycles. The molecule has 5 heteroatoms. The highest BCUT2D eigenvalue weighted by molar-refractivity contribution is 5.85. The number of aliphatic carboxylic acids is 1. The van der Waals surface area contributed by atoms with Crippen molar-refractivity contribution in [3.63, 3.8) is 0 Å². The number of pyridine rings is 1. The average Bonchev–Trinajstić information content (AvgIpc) is 2.59. The number of para-hydroxylation sites is 1. The number of aryl methyl sites for hydroxylation is 2. The first-order valence-electron chi connectivity index (χ1n) is 8.92. The van der Waals surface area contributed by atoms with Gasteiger partial charge >= 0.3 is 5.97 Å². The molecule has 0 amide bonds. The number of carbonyl (C=O) groups is 1. The van der Waals surface area contributed by atoms with Crippen LogP contribution < -0.4 is 0 Å². The lowest BCUT2D eigenvalue weighted by Gasteiger charge is -2.41. The van der Waals surface area contributed by atoms with Crippen molar-refractivity contribution in [1.82, 2.24) is 4.98 Å². The van der Waals surface area contributed by atoms with Crippen molar-refractivity contribution >= 4 is 29.3 Å². The number of halogens is 1. The molecular weight excluding hydrogens is 338 g/mol. The fraction of sp³-hybridized carbons (Fsp3) is 0.500. The Labute approximate surface area is 154 Å². The van der Waals surface area contributed by atoms with E-state index in [1.165, 1.54) is 17.5 Å². The minimum atomic E-state index is -0.746. The van der Waals surface area contributed by atoms with Crippen LogP contribution in [0.2, 0.25) is 0 Å². The Morgan fingerprint density at radius 1 is 1.24 bits per heavy atom. The fourth-order valence-electron chi connectivity index (χ4n) is 4.31. The van der Waals surface area contributed by atoms with E-state index in [0.29, 0.717) is 6.42 Å². The van der Waals surface area contributed by atoms with Gasteiger partial charge in [0, 0.05) is 30.5 Å². The topological polar surface area (TPSA) is 59.4 Å². The van der Waals surface area contributed by atoms with Crippen LogP contribution in [0.15, 0.2) is 24.3 Å². The van der Waals surface area contributed by atoms with Gasteiger partial charge in [-0.2, -0.15) is 0 Å². The summed E-state index contributed by atoms with van der Waals surface area (Å²) < 4.78 is 6.21. The minimum Gasteiger partial charge on any atom is -0.481 e. The van der Waals surface area contributed by atoms with Gasteiger partial charge in [0.25, 0.3) is 0 Å². The second-order valence-corrected chi connectivity index (χ2v) is 7.09. The Hall–Kier alpha value is -1.65. The molecule has 1 N–H and O–H groups in total. The first kappa shape index (κ1) is 18.2. The number of carboxylic acid groups (broad SMARTS) is 1. The molecule has 4 rings (SSSR count). The quantitative estimate of drug-likeness (QED) is 0.894. The molecule has 2 aliphatic rings. The molecule has 0 radical (unpaired) electrons. The van der Waals surface area contributed by atoms with E-state index in [1.54, 1.807) is 0 Å². The predicted octanol–water partition coefficient (Wildman–Crippen LogP) is 4.10. The van der Waals surface area contributed by atoms with E-state index >= 15 is 0 Å². The third-order valence-corrected chi connectivity index (χ3v) is 5.54. The molecule has 1 aromatic carbocycles. The first-order chi connectivity index (χ1) is 11.7. The summed E-state index contributed by atoms with van der Waals surface area (Å²) in [4.78, 5) is 16.0. The predicted molar refractivity (Wildman–Crippen MR) is 99.5 cm³/mol. The molecule has 1 atom stereocenters. The molecule has 0 bridgehead atoms. The smallest absolute Gasteiger partial charge is 0.303 e. The van der Waals surface area contributed by atoms with Gasteiger partial charge in [-0.15, -0.1) is 12.4 Å². The molecule has 1 fully saturated rings. The maximum absolute atomic E-state index is 11.1. The molecule has 1 aliphatic heterocycles. The maximum Gasteiger partial charge on any atom is 0.303 e. The molecule has 1 spiro atoms. The van der Waals surface area contributed by atoms with Crippen LogP contribution >= 0.6 is 12.4 Å². The van der Waals surface area contributed by atoms with E-state index in [0.717, 1.165) is 55.3 Å². The SMILES string of the molecule is Cl.O=C(O)CCc1c2c(nc3ccccc13)CCC1(CCCCO1)C2. The van der Waals surface area contributed by atoms with Crippen molar-refractivity contribution in [1.29, 1.82) is 0 Å². The molecule has 2 heterocycles. The van der Waals surface area contributed by atoms with Crippen molar-refractivity contribution in [3.05, 3.63) is 41.1 Å². The van der Waals surface area contributed by atoms with Crippen molar-refractivity contribution in [2.75, 3.05) is 6.61 Å². The molecular formula is C20H24ClNO3. The number of benzene rings is 1. The summed E-state index contributed by atoms with van der Waals surface area (Å²) in [5, 5.41) is 10.3. The molecule has 1 aromatic heterocycles. The Bertz CT molecular complexity index is 784. The van der Waals surface area contributed by atoms with Gasteiger partial charge < -0.3 is 9.84 Å². The number of carboxylic acids is 1. The molecule has 2 aromatic rings. The highest BCUT2D eigenvalue weighted by atomic mass is 35.5. The normalized spacial score (nSPS) is 22.4. The van der Waals surface area contributed by atoms with Gasteiger partial charge in [0.15, 0.2) is 0 Å². The molecule has 1 saturated heterocycles. The van der Waals surface area contributed by atoms with Crippen LogP contribution in [0.25, 0.3) is 10.9 Å². The van der Waals surface area contributed by atoms with Gasteiger partial charge in [-0.3, -0.25) is 9.78 Å². The summed E-state index contributed by atoms with van der Waals surface area (Å²) in [6.45, 7) is 0.848. The Morgan fingerprint density at radius 3 is 2.84 bits per heavy atom. The van der Waals surface area contributed by atoms with Crippen molar-refractivity contribution in [2.45, 2.75) is 57.0 Å². The fourth-order valence-corrected chi connectivity index (χ4v) is 4.31. The third-order valence-electron chi connectivity index (χ3n) is 5.54. The second kappa shape index (κ2) is 7.30. The summed E-state index contributed by atoms with van der Waals surface area (Å²) in [5.41, 5.74) is 4.51. The molecule has 0 saturated carbocycles. The van der Waals surface area contributed by atoms with E-state index in [4.69, 9.17) is 14.8 Å². The van der Waals surface area contributed by atoms with Gasteiger partial charge in [-0.1, -0.05) is 18.2 Å². The van der Waals surface area contributed by atoms with E-state index in [2.05, 4.69) is 6.07 Å². The summed E-state index contributed by atoms with van der Waals surface area (Å²) in [7, 11) is 0. The summed E-state index contributed by atoms with van der Waals surface area (Å²) >= 11 is 0. The molecule has 4 nitrogen and oxygen atoms in total. The van der Waals surface area contributed by atoms with E-state index in [1.807, 2.05) is 18.2 Å². The largest absolute Gasteiger partial charge is 0.481 e. The standard InChI is InChI=1S/C20H23NO3.ClH/c22-19(23)8-7-14-15-5-1-2-6-17(15)21-18-9-11-20(13-16(14)18)10-3-4-12-24-20;/h1-2,5-6H,3-4,7-13H2,(H,22,23);1H. The zero-order valence-corrected chi connectivity index (χ0v) is 15.1. The lowest BCUT2D eigenvalue weighted by Crippen LogP contribution is -2.42. The van der Waals surface area contributed by atoms with Crippen LogP contribution in [0.5, 0.6) is 0 Å². The Morgan fingerprint density at radius 2 is 2.08 bits per heavy atom. The van der Waals surface area contributed by atoms with Crippen LogP contribution in [-0.2, 0) is 28.8 Å². The van der Waals surface area contributed by atoms with E-state index in [-0.39, 0.29) is 24.4 Å². The lowest BCUT2D eigenvalue weighted by molar-refractivity contribution is -0.136. The number of rotatable bonds is 3. The van der Waals surface area contributed by atoms with E-state index in [9.17, 15) is 4.79 Å². The van der Waals surface area contributed by atoms with Crippen LogP contribution in [-0.4, -0.2) is 28.3 Å². The summed E-state index contributed by atoms with van der Waals surface area (Å²) in [6, 6.07) is 8.11. The molecule has 25 heavy (non-hydrogen) atoms. The van der Waals surface area contributed by atoms with Crippen LogP contribution in [0.3, 0.4) is 0 Å². The van der Waals surface area contributed by atoms with Gasteiger partial charge in [-0.05, 0) is 55.7 Å². The van der Waals surface area contributed by atoms with Gasteiger partial charge in [0.05, 0.1) is 11.1 Å². The molecule has 134 valence electrons. The van der Waals surface area contributed by atoms with E-state index < -0.39 is 5.97 Å². The number of fused-ring (bicyclic) bond motifs is 2. The summed E-state index contributed by atoms with van der Waals surface area (Å²) in [5.74, 6) is -0.746. The number of nitrogens with zero attached hydrogens (tertiary/aromatic N) is 1. The summed E-state index contributed by atoms with van der Waals surface area (Å²) in [6.07, 6.45) is 7.05. The van der Waals surface area contributed by atoms with Gasteiger partial charge in [0.1, 0.15) is 0 Å². The van der Waals surface area contributed by atoms with Crippen molar-refractivity contribution in [2.24, 2.45) is 0 Å². The van der Waals surface area contributed by atoms with Crippen LogP contribution in [0.1, 0.15) is 48.9 Å². The first-order valence-corrected chi connectivity index (χ1v) is 8.92. The molecule has 1 unspecified atom stereocenters.